The number of hydrogen-bond donors (Lipinski definition) is 1. The lowest BCUT2D eigenvalue weighted by Crippen LogP contribution is -2.18. The summed E-state index contributed by atoms with van der Waals surface area (Å²) in [5, 5.41) is 0. The molecule has 0 aliphatic carbocycles. The van der Waals surface area contributed by atoms with Crippen LogP contribution in [0.25, 0.3) is 0 Å². The summed E-state index contributed by atoms with van der Waals surface area (Å²) in [6.07, 6.45) is -0.161. The molecule has 0 spiro atoms. The van der Waals surface area contributed by atoms with Crippen LogP contribution in [0.5, 0.6) is 11.5 Å². The fourth-order valence-electron chi connectivity index (χ4n) is 1.78. The summed E-state index contributed by atoms with van der Waals surface area (Å²) in [6, 6.07) is 15.5. The van der Waals surface area contributed by atoms with Crippen LogP contribution in [0.4, 0.5) is 0 Å². The first-order valence-corrected chi connectivity index (χ1v) is 6.79. The van der Waals surface area contributed by atoms with Crippen molar-refractivity contribution in [2.75, 3.05) is 13.7 Å². The van der Waals surface area contributed by atoms with Gasteiger partial charge in [-0.3, -0.25) is 0 Å². The van der Waals surface area contributed by atoms with E-state index in [9.17, 15) is 0 Å². The van der Waals surface area contributed by atoms with Crippen molar-refractivity contribution in [1.29, 1.82) is 0 Å². The molecule has 19 heavy (non-hydrogen) atoms. The Morgan fingerprint density at radius 1 is 1.16 bits per heavy atom. The molecule has 4 heteroatoms. The Bertz CT molecular complexity index is 531. The molecular weight excluding hydrogens is 306 g/mol. The number of hydrogen-bond acceptors (Lipinski definition) is 3. The number of nitrogens with two attached hydrogens (primary N) is 1. The number of ether oxygens (including phenoxy) is 2. The summed E-state index contributed by atoms with van der Waals surface area (Å²) in [6.45, 7) is 0.419. The monoisotopic (exact) mass is 321 g/mol. The molecule has 3 nitrogen and oxygen atoms in total. The molecule has 0 saturated heterocycles. The summed E-state index contributed by atoms with van der Waals surface area (Å²) < 4.78 is 12.0. The van der Waals surface area contributed by atoms with E-state index in [1.807, 2.05) is 48.5 Å². The number of benzene rings is 2. The zero-order valence-corrected chi connectivity index (χ0v) is 12.3. The molecule has 0 heterocycles. The van der Waals surface area contributed by atoms with Crippen molar-refractivity contribution in [2.24, 2.45) is 5.73 Å². The van der Waals surface area contributed by atoms with Crippen LogP contribution >= 0.6 is 15.9 Å². The van der Waals surface area contributed by atoms with Crippen LogP contribution in [0.3, 0.4) is 0 Å². The Balaban J connectivity index is 2.19. The predicted molar refractivity (Wildman–Crippen MR) is 79.6 cm³/mol. The molecule has 2 rings (SSSR count). The highest BCUT2D eigenvalue weighted by Crippen LogP contribution is 2.32. The van der Waals surface area contributed by atoms with Crippen LogP contribution in [-0.4, -0.2) is 13.7 Å². The summed E-state index contributed by atoms with van der Waals surface area (Å²) in [4.78, 5) is 0. The van der Waals surface area contributed by atoms with Gasteiger partial charge in [0.1, 0.15) is 17.6 Å². The van der Waals surface area contributed by atoms with Crippen molar-refractivity contribution in [3.05, 3.63) is 58.6 Å². The minimum Gasteiger partial charge on any atom is -0.497 e. The Labute approximate surface area is 121 Å². The van der Waals surface area contributed by atoms with Gasteiger partial charge in [0.05, 0.1) is 11.6 Å². The lowest BCUT2D eigenvalue weighted by atomic mass is 10.1. The molecule has 0 saturated carbocycles. The SMILES string of the molecule is COc1ccc(OC(CN)c2ccccc2)c(Br)c1. The minimum absolute atomic E-state index is 0.161. The van der Waals surface area contributed by atoms with Gasteiger partial charge in [-0.2, -0.15) is 0 Å². The van der Waals surface area contributed by atoms with Crippen LogP contribution in [0.1, 0.15) is 11.7 Å². The maximum Gasteiger partial charge on any atom is 0.136 e. The molecule has 1 atom stereocenters. The van der Waals surface area contributed by atoms with Crippen LogP contribution in [-0.2, 0) is 0 Å². The maximum absolute atomic E-state index is 5.95. The molecule has 2 aromatic carbocycles. The number of methoxy groups -OCH3 is 1. The van der Waals surface area contributed by atoms with Crippen molar-refractivity contribution < 1.29 is 9.47 Å². The summed E-state index contributed by atoms with van der Waals surface area (Å²) in [7, 11) is 1.63. The third kappa shape index (κ3) is 3.49. The van der Waals surface area contributed by atoms with Gasteiger partial charge in [0.25, 0.3) is 0 Å². The minimum atomic E-state index is -0.161. The van der Waals surface area contributed by atoms with E-state index in [2.05, 4.69) is 15.9 Å². The van der Waals surface area contributed by atoms with Crippen LogP contribution < -0.4 is 15.2 Å². The van der Waals surface area contributed by atoms with Crippen molar-refractivity contribution in [1.82, 2.24) is 0 Å². The first-order chi connectivity index (χ1) is 9.24. The number of rotatable bonds is 5. The maximum atomic E-state index is 5.95. The molecule has 0 fully saturated rings. The van der Waals surface area contributed by atoms with Crippen LogP contribution in [0.2, 0.25) is 0 Å². The molecule has 0 aromatic heterocycles. The van der Waals surface area contributed by atoms with E-state index < -0.39 is 0 Å². The van der Waals surface area contributed by atoms with Crippen molar-refractivity contribution in [3.63, 3.8) is 0 Å². The Kier molecular flexibility index (Phi) is 4.82. The largest absolute Gasteiger partial charge is 0.497 e. The summed E-state index contributed by atoms with van der Waals surface area (Å²) in [5.74, 6) is 1.53. The molecular formula is C15H16BrNO2. The van der Waals surface area contributed by atoms with E-state index in [-0.39, 0.29) is 6.10 Å². The van der Waals surface area contributed by atoms with E-state index in [1.54, 1.807) is 7.11 Å². The quantitative estimate of drug-likeness (QED) is 0.916. The van der Waals surface area contributed by atoms with Gasteiger partial charge in [0.2, 0.25) is 0 Å². The average molecular weight is 322 g/mol. The second-order valence-electron chi connectivity index (χ2n) is 4.05. The van der Waals surface area contributed by atoms with Gasteiger partial charge in [-0.25, -0.2) is 0 Å². The third-order valence-corrected chi connectivity index (χ3v) is 3.41. The average Bonchev–Trinajstić information content (AvgIpc) is 2.47. The Morgan fingerprint density at radius 3 is 2.47 bits per heavy atom. The van der Waals surface area contributed by atoms with Crippen molar-refractivity contribution in [2.45, 2.75) is 6.10 Å². The molecule has 0 aliphatic heterocycles. The van der Waals surface area contributed by atoms with Gasteiger partial charge < -0.3 is 15.2 Å². The highest BCUT2D eigenvalue weighted by Gasteiger charge is 2.13. The Morgan fingerprint density at radius 2 is 1.89 bits per heavy atom. The number of halogens is 1. The topological polar surface area (TPSA) is 44.5 Å². The molecule has 0 bridgehead atoms. The van der Waals surface area contributed by atoms with E-state index in [1.165, 1.54) is 0 Å². The fraction of sp³-hybridized carbons (Fsp3) is 0.200. The summed E-state index contributed by atoms with van der Waals surface area (Å²) in [5.41, 5.74) is 6.86. The van der Waals surface area contributed by atoms with Gasteiger partial charge in [0.15, 0.2) is 0 Å². The standard InChI is InChI=1S/C15H16BrNO2/c1-18-12-7-8-14(13(16)9-12)19-15(10-17)11-5-3-2-4-6-11/h2-9,15H,10,17H2,1H3. The van der Waals surface area contributed by atoms with Crippen LogP contribution in [0, 0.1) is 0 Å². The smallest absolute Gasteiger partial charge is 0.136 e. The van der Waals surface area contributed by atoms with E-state index in [4.69, 9.17) is 15.2 Å². The van der Waals surface area contributed by atoms with Crippen molar-refractivity contribution >= 4 is 15.9 Å². The van der Waals surface area contributed by atoms with Gasteiger partial charge in [0, 0.05) is 6.54 Å². The first kappa shape index (κ1) is 13.9. The molecule has 2 aromatic rings. The van der Waals surface area contributed by atoms with E-state index >= 15 is 0 Å². The molecule has 0 aliphatic rings. The summed E-state index contributed by atoms with van der Waals surface area (Å²) >= 11 is 3.47. The third-order valence-electron chi connectivity index (χ3n) is 2.79. The van der Waals surface area contributed by atoms with Crippen LogP contribution in [0.15, 0.2) is 53.0 Å². The molecule has 2 N–H and O–H groups in total. The van der Waals surface area contributed by atoms with Gasteiger partial charge in [-0.05, 0) is 39.7 Å². The van der Waals surface area contributed by atoms with Crippen molar-refractivity contribution in [3.8, 4) is 11.5 Å². The van der Waals surface area contributed by atoms with E-state index in [0.29, 0.717) is 6.54 Å². The molecule has 1 unspecified atom stereocenters. The molecule has 100 valence electrons. The second kappa shape index (κ2) is 6.59. The predicted octanol–water partition coefficient (Wildman–Crippen LogP) is 3.54. The van der Waals surface area contributed by atoms with Gasteiger partial charge in [-0.15, -0.1) is 0 Å². The molecule has 0 radical (unpaired) electrons. The zero-order chi connectivity index (χ0) is 13.7. The normalized spacial score (nSPS) is 11.9. The van der Waals surface area contributed by atoms with E-state index in [0.717, 1.165) is 21.5 Å². The molecule has 0 amide bonds. The van der Waals surface area contributed by atoms with Gasteiger partial charge in [-0.1, -0.05) is 30.3 Å². The Hall–Kier alpha value is -1.52. The first-order valence-electron chi connectivity index (χ1n) is 6.00. The lowest BCUT2D eigenvalue weighted by molar-refractivity contribution is 0.212. The fourth-order valence-corrected chi connectivity index (χ4v) is 2.23. The highest BCUT2D eigenvalue weighted by atomic mass is 79.9. The van der Waals surface area contributed by atoms with Gasteiger partial charge >= 0.3 is 0 Å². The zero-order valence-electron chi connectivity index (χ0n) is 10.7. The highest BCUT2D eigenvalue weighted by molar-refractivity contribution is 9.10. The lowest BCUT2D eigenvalue weighted by Gasteiger charge is -2.19. The second-order valence-corrected chi connectivity index (χ2v) is 4.90.